The summed E-state index contributed by atoms with van der Waals surface area (Å²) in [6, 6.07) is 5.45. The van der Waals surface area contributed by atoms with Gasteiger partial charge >= 0.3 is 5.63 Å². The van der Waals surface area contributed by atoms with Crippen LogP contribution in [0.3, 0.4) is 0 Å². The Morgan fingerprint density at radius 2 is 2.09 bits per heavy atom. The summed E-state index contributed by atoms with van der Waals surface area (Å²) in [6.45, 7) is 5.75. The van der Waals surface area contributed by atoms with Crippen molar-refractivity contribution in [3.63, 3.8) is 0 Å². The number of unbranched alkanes of at least 4 members (excludes halogenated alkanes) is 3. The lowest BCUT2D eigenvalue weighted by Gasteiger charge is -2.11. The summed E-state index contributed by atoms with van der Waals surface area (Å²) >= 11 is 1.65. The third-order valence-corrected chi connectivity index (χ3v) is 6.50. The fourth-order valence-electron chi connectivity index (χ4n) is 3.45. The van der Waals surface area contributed by atoms with Crippen LogP contribution in [0.1, 0.15) is 91.1 Å². The van der Waals surface area contributed by atoms with Gasteiger partial charge < -0.3 is 9.52 Å². The van der Waals surface area contributed by atoms with E-state index in [-0.39, 0.29) is 17.2 Å². The van der Waals surface area contributed by atoms with Crippen molar-refractivity contribution in [2.75, 3.05) is 7.11 Å². The van der Waals surface area contributed by atoms with Gasteiger partial charge in [0.05, 0.1) is 7.11 Å². The molecule has 0 amide bonds. The van der Waals surface area contributed by atoms with Crippen LogP contribution in [0.15, 0.2) is 45.3 Å². The molecule has 0 saturated heterocycles. The number of aromatic hydroxyl groups is 1. The first-order valence-electron chi connectivity index (χ1n) is 11.5. The Morgan fingerprint density at radius 1 is 1.30 bits per heavy atom. The van der Waals surface area contributed by atoms with Crippen LogP contribution in [0.2, 0.25) is 0 Å². The Bertz CT molecular complexity index is 1020. The zero-order valence-electron chi connectivity index (χ0n) is 20.0. The van der Waals surface area contributed by atoms with E-state index in [2.05, 4.69) is 18.5 Å². The van der Waals surface area contributed by atoms with Gasteiger partial charge in [0.2, 0.25) is 0 Å². The van der Waals surface area contributed by atoms with E-state index in [4.69, 9.17) is 9.25 Å². The van der Waals surface area contributed by atoms with Gasteiger partial charge in [-0.05, 0) is 56.4 Å². The van der Waals surface area contributed by atoms with Crippen LogP contribution in [0.4, 0.5) is 0 Å². The van der Waals surface area contributed by atoms with Crippen LogP contribution in [0.5, 0.6) is 5.75 Å². The molecule has 180 valence electrons. The highest BCUT2D eigenvalue weighted by atomic mass is 32.1. The molecule has 2 aromatic heterocycles. The van der Waals surface area contributed by atoms with Gasteiger partial charge in [-0.1, -0.05) is 39.2 Å². The van der Waals surface area contributed by atoms with Gasteiger partial charge in [-0.2, -0.15) is 0 Å². The highest BCUT2D eigenvalue weighted by molar-refractivity contribution is 7.12. The molecule has 0 spiro atoms. The number of carbonyl (C=O) groups is 1. The van der Waals surface area contributed by atoms with E-state index in [9.17, 15) is 14.7 Å². The first kappa shape index (κ1) is 26.6. The number of aryl methyl sites for hydroxylation is 1. The maximum atomic E-state index is 12.9. The van der Waals surface area contributed by atoms with Crippen molar-refractivity contribution in [2.45, 2.75) is 71.6 Å². The van der Waals surface area contributed by atoms with Crippen molar-refractivity contribution in [3.8, 4) is 5.75 Å². The molecule has 2 rings (SSSR count). The quantitative estimate of drug-likeness (QED) is 0.144. The molecule has 0 aliphatic rings. The fraction of sp³-hybridized carbons (Fsp3) is 0.462. The first-order chi connectivity index (χ1) is 15.9. The molecule has 2 heterocycles. The summed E-state index contributed by atoms with van der Waals surface area (Å²) < 4.78 is 5.39. The number of carbonyl (C=O) groups excluding carboxylic acids is 1. The minimum absolute atomic E-state index is 0.0987. The molecule has 0 radical (unpaired) electrons. The maximum absolute atomic E-state index is 12.9. The minimum atomic E-state index is -0.811. The molecule has 1 unspecified atom stereocenters. The summed E-state index contributed by atoms with van der Waals surface area (Å²) in [5, 5.41) is 10.4. The average molecular weight is 474 g/mol. The highest BCUT2D eigenvalue weighted by Crippen LogP contribution is 2.27. The van der Waals surface area contributed by atoms with Crippen LogP contribution >= 0.6 is 11.3 Å². The third-order valence-electron chi connectivity index (χ3n) is 5.41. The predicted octanol–water partition coefficient (Wildman–Crippen LogP) is 6.36. The first-order valence-corrected chi connectivity index (χ1v) is 12.3. The minimum Gasteiger partial charge on any atom is -0.507 e. The van der Waals surface area contributed by atoms with Crippen molar-refractivity contribution in [1.82, 2.24) is 5.48 Å². The topological polar surface area (TPSA) is 88.8 Å². The molecule has 0 aromatic carbocycles. The van der Waals surface area contributed by atoms with Gasteiger partial charge in [0.15, 0.2) is 5.78 Å². The van der Waals surface area contributed by atoms with Crippen molar-refractivity contribution in [3.05, 3.63) is 67.5 Å². The molecule has 7 heteroatoms. The van der Waals surface area contributed by atoms with E-state index >= 15 is 0 Å². The molecule has 0 bridgehead atoms. The van der Waals surface area contributed by atoms with Gasteiger partial charge in [-0.15, -0.1) is 11.3 Å². The van der Waals surface area contributed by atoms with Crippen LogP contribution in [0, 0.1) is 0 Å². The number of nitrogens with one attached hydrogen (secondary N) is 1. The highest BCUT2D eigenvalue weighted by Gasteiger charge is 2.22. The molecular formula is C26H35NO5S. The zero-order chi connectivity index (χ0) is 24.2. The standard InChI is InChI=1S/C26H35NO5S/c1-5-6-7-8-12-20-13-14-21(33-20)16-19(3)25(29)24-22(28)17-23(32-26(24)30)18(2)11-9-10-15-27-31-4/h10,13-18,27-28H,5-9,11-12H2,1-4H3/b15-10+,19-16+. The molecule has 0 saturated carbocycles. The van der Waals surface area contributed by atoms with Crippen molar-refractivity contribution < 1.29 is 19.2 Å². The van der Waals surface area contributed by atoms with Gasteiger partial charge in [0.1, 0.15) is 17.1 Å². The molecule has 2 N–H and O–H groups in total. The maximum Gasteiger partial charge on any atom is 0.351 e. The Kier molecular flexibility index (Phi) is 11.1. The Labute approximate surface area is 199 Å². The van der Waals surface area contributed by atoms with Crippen LogP contribution in [-0.4, -0.2) is 18.0 Å². The van der Waals surface area contributed by atoms with Gasteiger partial charge in [0.25, 0.3) is 0 Å². The van der Waals surface area contributed by atoms with E-state index in [0.717, 1.165) is 24.1 Å². The van der Waals surface area contributed by atoms with Crippen LogP contribution < -0.4 is 11.1 Å². The number of rotatable bonds is 14. The number of hydrogen-bond donors (Lipinski definition) is 2. The molecule has 2 aromatic rings. The second-order valence-corrected chi connectivity index (χ2v) is 9.37. The lowest BCUT2D eigenvalue weighted by molar-refractivity contribution is 0.102. The summed E-state index contributed by atoms with van der Waals surface area (Å²) in [6.07, 6.45) is 12.7. The van der Waals surface area contributed by atoms with E-state index in [1.54, 1.807) is 30.5 Å². The summed E-state index contributed by atoms with van der Waals surface area (Å²) in [4.78, 5) is 32.4. The number of hydrogen-bond acceptors (Lipinski definition) is 7. The average Bonchev–Trinajstić information content (AvgIpc) is 3.22. The van der Waals surface area contributed by atoms with Gasteiger partial charge in [-0.3, -0.25) is 15.1 Å². The zero-order valence-corrected chi connectivity index (χ0v) is 20.8. The lowest BCUT2D eigenvalue weighted by atomic mass is 10.00. The monoisotopic (exact) mass is 473 g/mol. The molecule has 6 nitrogen and oxygen atoms in total. The molecule has 1 atom stereocenters. The SMILES string of the molecule is CCCCCCc1ccc(/C=C(\C)C(=O)c2c(O)cc(C(C)CC/C=C/NOC)oc2=O)s1. The summed E-state index contributed by atoms with van der Waals surface area (Å²) in [5.74, 6) is -0.606. The van der Waals surface area contributed by atoms with Crippen molar-refractivity contribution >= 4 is 23.2 Å². The van der Waals surface area contributed by atoms with E-state index in [1.807, 2.05) is 19.1 Å². The summed E-state index contributed by atoms with van der Waals surface area (Å²) in [5.41, 5.74) is 1.86. The largest absolute Gasteiger partial charge is 0.507 e. The van der Waals surface area contributed by atoms with Crippen molar-refractivity contribution in [1.29, 1.82) is 0 Å². The Hall–Kier alpha value is -2.64. The predicted molar refractivity (Wildman–Crippen MR) is 134 cm³/mol. The Morgan fingerprint density at radius 3 is 2.79 bits per heavy atom. The van der Waals surface area contributed by atoms with Gasteiger partial charge in [0, 0.05) is 27.9 Å². The second-order valence-electron chi connectivity index (χ2n) is 8.17. The number of Topliss-reactive ketones (excluding diaryl/α,β-unsaturated/α-hetero) is 1. The smallest absolute Gasteiger partial charge is 0.351 e. The van der Waals surface area contributed by atoms with Gasteiger partial charge in [-0.25, -0.2) is 4.79 Å². The summed E-state index contributed by atoms with van der Waals surface area (Å²) in [7, 11) is 1.53. The van der Waals surface area contributed by atoms with E-state index < -0.39 is 11.4 Å². The number of allylic oxidation sites excluding steroid dienone is 2. The van der Waals surface area contributed by atoms with E-state index in [0.29, 0.717) is 17.8 Å². The van der Waals surface area contributed by atoms with Crippen LogP contribution in [0.25, 0.3) is 6.08 Å². The number of hydroxylamine groups is 1. The van der Waals surface area contributed by atoms with Crippen molar-refractivity contribution in [2.24, 2.45) is 0 Å². The molecule has 33 heavy (non-hydrogen) atoms. The molecule has 0 aliphatic heterocycles. The molecular weight excluding hydrogens is 438 g/mol. The molecule has 0 aliphatic carbocycles. The second kappa shape index (κ2) is 13.8. The lowest BCUT2D eigenvalue weighted by Crippen LogP contribution is -2.16. The number of ketones is 1. The fourth-order valence-corrected chi connectivity index (χ4v) is 4.50. The molecule has 0 fully saturated rings. The van der Waals surface area contributed by atoms with E-state index in [1.165, 1.54) is 37.3 Å². The number of thiophene rings is 1. The normalized spacial score (nSPS) is 12.9. The van der Waals surface area contributed by atoms with Crippen LogP contribution in [-0.2, 0) is 11.3 Å². The third kappa shape index (κ3) is 8.33. The Balaban J connectivity index is 2.08.